The summed E-state index contributed by atoms with van der Waals surface area (Å²) in [4.78, 5) is 16.2. The van der Waals surface area contributed by atoms with Gasteiger partial charge in [-0.05, 0) is 24.6 Å². The molecule has 0 spiro atoms. The Balaban J connectivity index is 2.43. The third-order valence-corrected chi connectivity index (χ3v) is 2.71. The minimum Gasteiger partial charge on any atom is -0.292 e. The Morgan fingerprint density at radius 1 is 1.41 bits per heavy atom. The zero-order valence-electron chi connectivity index (χ0n) is 9.73. The second-order valence-electron chi connectivity index (χ2n) is 3.97. The van der Waals surface area contributed by atoms with Gasteiger partial charge in [0.2, 0.25) is 0 Å². The van der Waals surface area contributed by atoms with Crippen LogP contribution in [0.1, 0.15) is 28.9 Å². The first kappa shape index (κ1) is 11.3. The molecule has 2 nitrogen and oxygen atoms in total. The van der Waals surface area contributed by atoms with Gasteiger partial charge in [-0.1, -0.05) is 18.2 Å². The van der Waals surface area contributed by atoms with Crippen molar-refractivity contribution in [1.29, 1.82) is 0 Å². The standard InChI is InChI=1S/C15H13NO/c1-3-4-9-15(17)14-10-11(2)12-7-5-6-8-13(12)16-14/h1,5-8,10H,4,9H2,2H3. The van der Waals surface area contributed by atoms with E-state index in [1.54, 1.807) is 0 Å². The van der Waals surface area contributed by atoms with E-state index in [4.69, 9.17) is 6.42 Å². The van der Waals surface area contributed by atoms with Gasteiger partial charge in [0.15, 0.2) is 5.78 Å². The molecule has 2 rings (SSSR count). The van der Waals surface area contributed by atoms with E-state index >= 15 is 0 Å². The molecule has 0 amide bonds. The number of aromatic nitrogens is 1. The van der Waals surface area contributed by atoms with Gasteiger partial charge in [-0.3, -0.25) is 4.79 Å². The smallest absolute Gasteiger partial charge is 0.182 e. The molecule has 0 radical (unpaired) electrons. The third-order valence-electron chi connectivity index (χ3n) is 2.71. The highest BCUT2D eigenvalue weighted by Gasteiger charge is 2.09. The Hall–Kier alpha value is -2.14. The van der Waals surface area contributed by atoms with Gasteiger partial charge in [-0.15, -0.1) is 12.3 Å². The molecule has 2 aromatic rings. The van der Waals surface area contributed by atoms with E-state index in [2.05, 4.69) is 10.9 Å². The molecule has 0 unspecified atom stereocenters. The van der Waals surface area contributed by atoms with Crippen molar-refractivity contribution in [3.8, 4) is 12.3 Å². The summed E-state index contributed by atoms with van der Waals surface area (Å²) in [5, 5.41) is 1.08. The normalized spacial score (nSPS) is 10.1. The maximum absolute atomic E-state index is 11.8. The number of fused-ring (bicyclic) bond motifs is 1. The molecule has 0 bridgehead atoms. The zero-order valence-corrected chi connectivity index (χ0v) is 9.73. The summed E-state index contributed by atoms with van der Waals surface area (Å²) in [5.41, 5.74) is 2.44. The van der Waals surface area contributed by atoms with E-state index < -0.39 is 0 Å². The molecule has 0 saturated heterocycles. The van der Waals surface area contributed by atoms with Crippen molar-refractivity contribution in [3.05, 3.63) is 41.6 Å². The fraction of sp³-hybridized carbons (Fsp3) is 0.200. The van der Waals surface area contributed by atoms with Crippen molar-refractivity contribution >= 4 is 16.7 Å². The first-order valence-electron chi connectivity index (χ1n) is 5.55. The van der Waals surface area contributed by atoms with Gasteiger partial charge in [0.25, 0.3) is 0 Å². The largest absolute Gasteiger partial charge is 0.292 e. The highest BCUT2D eigenvalue weighted by atomic mass is 16.1. The number of carbonyl (C=O) groups is 1. The number of nitrogens with zero attached hydrogens (tertiary/aromatic N) is 1. The topological polar surface area (TPSA) is 30.0 Å². The van der Waals surface area contributed by atoms with Crippen LogP contribution in [0.15, 0.2) is 30.3 Å². The molecular formula is C15H13NO. The number of Topliss-reactive ketones (excluding diaryl/α,β-unsaturated/α-hetero) is 1. The van der Waals surface area contributed by atoms with Crippen molar-refractivity contribution in [2.45, 2.75) is 19.8 Å². The predicted molar refractivity (Wildman–Crippen MR) is 68.9 cm³/mol. The number of para-hydroxylation sites is 1. The van der Waals surface area contributed by atoms with Crippen LogP contribution in [-0.2, 0) is 0 Å². The number of pyridine rings is 1. The van der Waals surface area contributed by atoms with Crippen LogP contribution in [0.3, 0.4) is 0 Å². The molecule has 0 atom stereocenters. The number of carbonyl (C=O) groups excluding carboxylic acids is 1. The van der Waals surface area contributed by atoms with Crippen LogP contribution in [0.25, 0.3) is 10.9 Å². The fourth-order valence-corrected chi connectivity index (χ4v) is 1.81. The minimum atomic E-state index is 0.0109. The van der Waals surface area contributed by atoms with Gasteiger partial charge in [0.1, 0.15) is 5.69 Å². The Kier molecular flexibility index (Phi) is 3.20. The van der Waals surface area contributed by atoms with E-state index in [1.807, 2.05) is 37.3 Å². The third kappa shape index (κ3) is 2.34. The molecule has 0 fully saturated rings. The van der Waals surface area contributed by atoms with Crippen LogP contribution in [0.2, 0.25) is 0 Å². The van der Waals surface area contributed by atoms with E-state index in [0.717, 1.165) is 16.5 Å². The average molecular weight is 223 g/mol. The Morgan fingerprint density at radius 3 is 2.94 bits per heavy atom. The lowest BCUT2D eigenvalue weighted by atomic mass is 10.1. The highest BCUT2D eigenvalue weighted by Crippen LogP contribution is 2.18. The summed E-state index contributed by atoms with van der Waals surface area (Å²) in [6.45, 7) is 1.99. The van der Waals surface area contributed by atoms with Crippen LogP contribution in [0.5, 0.6) is 0 Å². The summed E-state index contributed by atoms with van der Waals surface area (Å²) in [7, 11) is 0. The van der Waals surface area contributed by atoms with Crippen molar-refractivity contribution in [3.63, 3.8) is 0 Å². The number of benzene rings is 1. The van der Waals surface area contributed by atoms with Crippen LogP contribution in [0, 0.1) is 19.3 Å². The molecule has 0 N–H and O–H groups in total. The second-order valence-corrected chi connectivity index (χ2v) is 3.97. The summed E-state index contributed by atoms with van der Waals surface area (Å²) >= 11 is 0. The first-order valence-corrected chi connectivity index (χ1v) is 5.55. The summed E-state index contributed by atoms with van der Waals surface area (Å²) in [6.07, 6.45) is 5.98. The summed E-state index contributed by atoms with van der Waals surface area (Å²) in [6, 6.07) is 9.65. The number of terminal acetylenes is 1. The zero-order chi connectivity index (χ0) is 12.3. The summed E-state index contributed by atoms with van der Waals surface area (Å²) in [5.74, 6) is 2.48. The molecule has 17 heavy (non-hydrogen) atoms. The minimum absolute atomic E-state index is 0.0109. The van der Waals surface area contributed by atoms with Gasteiger partial charge in [-0.25, -0.2) is 4.98 Å². The van der Waals surface area contributed by atoms with Crippen LogP contribution in [0.4, 0.5) is 0 Å². The Morgan fingerprint density at radius 2 is 2.18 bits per heavy atom. The van der Waals surface area contributed by atoms with E-state index in [0.29, 0.717) is 18.5 Å². The fourth-order valence-electron chi connectivity index (χ4n) is 1.81. The first-order chi connectivity index (χ1) is 8.22. The van der Waals surface area contributed by atoms with Crippen molar-refractivity contribution in [2.24, 2.45) is 0 Å². The maximum Gasteiger partial charge on any atom is 0.182 e. The van der Waals surface area contributed by atoms with Gasteiger partial charge >= 0.3 is 0 Å². The number of ketones is 1. The van der Waals surface area contributed by atoms with Crippen molar-refractivity contribution in [1.82, 2.24) is 4.98 Å². The number of hydrogen-bond donors (Lipinski definition) is 0. The molecule has 84 valence electrons. The lowest BCUT2D eigenvalue weighted by Crippen LogP contribution is -2.02. The van der Waals surface area contributed by atoms with Crippen molar-refractivity contribution < 1.29 is 4.79 Å². The molecule has 0 saturated carbocycles. The van der Waals surface area contributed by atoms with E-state index in [1.165, 1.54) is 0 Å². The highest BCUT2D eigenvalue weighted by molar-refractivity contribution is 5.97. The monoisotopic (exact) mass is 223 g/mol. The number of aryl methyl sites for hydroxylation is 1. The van der Waals surface area contributed by atoms with Gasteiger partial charge in [0, 0.05) is 18.2 Å². The molecular weight excluding hydrogens is 210 g/mol. The lowest BCUT2D eigenvalue weighted by Gasteiger charge is -2.04. The Bertz CT molecular complexity index is 608. The van der Waals surface area contributed by atoms with Crippen LogP contribution in [-0.4, -0.2) is 10.8 Å². The number of rotatable bonds is 3. The molecule has 2 heteroatoms. The Labute approximate surface area is 101 Å². The van der Waals surface area contributed by atoms with Crippen molar-refractivity contribution in [2.75, 3.05) is 0 Å². The van der Waals surface area contributed by atoms with Crippen LogP contribution >= 0.6 is 0 Å². The van der Waals surface area contributed by atoms with Crippen LogP contribution < -0.4 is 0 Å². The van der Waals surface area contributed by atoms with E-state index in [9.17, 15) is 4.79 Å². The predicted octanol–water partition coefficient (Wildman–Crippen LogP) is 3.14. The maximum atomic E-state index is 11.8. The molecule has 0 aliphatic heterocycles. The van der Waals surface area contributed by atoms with Gasteiger partial charge < -0.3 is 0 Å². The quantitative estimate of drug-likeness (QED) is 0.591. The SMILES string of the molecule is C#CCCC(=O)c1cc(C)c2ccccc2n1. The molecule has 1 heterocycles. The number of hydrogen-bond acceptors (Lipinski definition) is 2. The average Bonchev–Trinajstić information content (AvgIpc) is 2.36. The molecule has 0 aliphatic carbocycles. The van der Waals surface area contributed by atoms with E-state index in [-0.39, 0.29) is 5.78 Å². The lowest BCUT2D eigenvalue weighted by molar-refractivity contribution is 0.0980. The van der Waals surface area contributed by atoms with Gasteiger partial charge in [-0.2, -0.15) is 0 Å². The molecule has 0 aliphatic rings. The molecule has 1 aromatic heterocycles. The summed E-state index contributed by atoms with van der Waals surface area (Å²) < 4.78 is 0. The molecule has 1 aromatic carbocycles. The van der Waals surface area contributed by atoms with Gasteiger partial charge in [0.05, 0.1) is 5.52 Å². The second kappa shape index (κ2) is 4.80.